The van der Waals surface area contributed by atoms with Gasteiger partial charge in [-0.2, -0.15) is 0 Å². The van der Waals surface area contributed by atoms with E-state index in [0.717, 1.165) is 12.8 Å². The van der Waals surface area contributed by atoms with E-state index in [1.165, 1.54) is 33.8 Å². The van der Waals surface area contributed by atoms with E-state index in [1.807, 2.05) is 0 Å². The van der Waals surface area contributed by atoms with Crippen molar-refractivity contribution in [2.24, 2.45) is 0 Å². The Hall–Kier alpha value is -2.54. The molecule has 0 spiro atoms. The van der Waals surface area contributed by atoms with Crippen LogP contribution in [0.5, 0.6) is 0 Å². The van der Waals surface area contributed by atoms with E-state index in [4.69, 9.17) is 0 Å². The first-order valence-electron chi connectivity index (χ1n) is 9.70. The van der Waals surface area contributed by atoms with Crippen molar-refractivity contribution in [1.82, 2.24) is 0 Å². The van der Waals surface area contributed by atoms with Gasteiger partial charge in [-0.15, -0.1) is 0 Å². The van der Waals surface area contributed by atoms with Crippen molar-refractivity contribution in [3.63, 3.8) is 0 Å². The van der Waals surface area contributed by atoms with E-state index in [-0.39, 0.29) is 0 Å². The zero-order chi connectivity index (χ0) is 18.5. The fraction of sp³-hybridized carbons (Fsp3) is 0.280. The minimum Gasteiger partial charge on any atom is -0.311 e. The van der Waals surface area contributed by atoms with Gasteiger partial charge >= 0.3 is 0 Å². The maximum absolute atomic E-state index is 2.34. The largest absolute Gasteiger partial charge is 0.311 e. The molecule has 0 bridgehead atoms. The normalized spacial score (nSPS) is 11.0. The lowest BCUT2D eigenvalue weighted by Gasteiger charge is -2.26. The molecule has 0 aliphatic heterocycles. The Morgan fingerprint density at radius 2 is 0.923 bits per heavy atom. The molecule has 3 aromatic carbocycles. The maximum Gasteiger partial charge on any atom is 0.0461 e. The highest BCUT2D eigenvalue weighted by Crippen LogP contribution is 2.35. The van der Waals surface area contributed by atoms with Gasteiger partial charge in [-0.3, -0.25) is 0 Å². The van der Waals surface area contributed by atoms with E-state index < -0.39 is 0 Å². The van der Waals surface area contributed by atoms with Crippen LogP contribution in [0.15, 0.2) is 72.8 Å². The molecule has 26 heavy (non-hydrogen) atoms. The Labute approximate surface area is 158 Å². The molecule has 0 heterocycles. The van der Waals surface area contributed by atoms with E-state index in [2.05, 4.69) is 105 Å². The number of hydrogen-bond acceptors (Lipinski definition) is 1. The standard InChI is InChI=1S/C25H29N/c1-5-20-7-13-23(14-8-20)26(24-15-9-21(6-2)10-16-24)25-17-11-22(12-18-25)19(3)4/h7-19H,5-6H2,1-4H3. The van der Waals surface area contributed by atoms with E-state index in [1.54, 1.807) is 0 Å². The molecular formula is C25H29N. The van der Waals surface area contributed by atoms with Crippen molar-refractivity contribution in [3.8, 4) is 0 Å². The summed E-state index contributed by atoms with van der Waals surface area (Å²) in [4.78, 5) is 2.34. The summed E-state index contributed by atoms with van der Waals surface area (Å²) in [5.74, 6) is 0.546. The smallest absolute Gasteiger partial charge is 0.0461 e. The van der Waals surface area contributed by atoms with Crippen LogP contribution in [0.3, 0.4) is 0 Å². The SMILES string of the molecule is CCc1ccc(N(c2ccc(CC)cc2)c2ccc(C(C)C)cc2)cc1. The average molecular weight is 344 g/mol. The van der Waals surface area contributed by atoms with Gasteiger partial charge in [-0.25, -0.2) is 0 Å². The number of rotatable bonds is 6. The molecule has 0 saturated heterocycles. The summed E-state index contributed by atoms with van der Waals surface area (Å²) in [6.07, 6.45) is 2.13. The molecule has 0 radical (unpaired) electrons. The second-order valence-corrected chi connectivity index (χ2v) is 7.12. The van der Waals surface area contributed by atoms with Gasteiger partial charge in [0.05, 0.1) is 0 Å². The molecular weight excluding hydrogens is 314 g/mol. The van der Waals surface area contributed by atoms with Crippen LogP contribution < -0.4 is 4.90 Å². The van der Waals surface area contributed by atoms with Crippen LogP contribution in [0.25, 0.3) is 0 Å². The van der Waals surface area contributed by atoms with E-state index in [9.17, 15) is 0 Å². The lowest BCUT2D eigenvalue weighted by molar-refractivity contribution is 0.866. The summed E-state index contributed by atoms with van der Waals surface area (Å²) in [5, 5.41) is 0. The molecule has 3 aromatic rings. The molecule has 0 atom stereocenters. The molecule has 0 unspecified atom stereocenters. The quantitative estimate of drug-likeness (QED) is 0.450. The third-order valence-electron chi connectivity index (χ3n) is 5.02. The molecule has 0 aliphatic carbocycles. The molecule has 3 rings (SSSR count). The van der Waals surface area contributed by atoms with Gasteiger partial charge in [-0.05, 0) is 71.8 Å². The Morgan fingerprint density at radius 1 is 0.577 bits per heavy atom. The second-order valence-electron chi connectivity index (χ2n) is 7.12. The van der Waals surface area contributed by atoms with Gasteiger partial charge in [0, 0.05) is 17.1 Å². The molecule has 0 N–H and O–H groups in total. The molecule has 1 nitrogen and oxygen atoms in total. The summed E-state index contributed by atoms with van der Waals surface area (Å²) in [6.45, 7) is 8.86. The molecule has 1 heteroatoms. The van der Waals surface area contributed by atoms with Crippen LogP contribution in [0.1, 0.15) is 50.3 Å². The Kier molecular flexibility index (Phi) is 5.78. The van der Waals surface area contributed by atoms with Crippen LogP contribution in [0.4, 0.5) is 17.1 Å². The van der Waals surface area contributed by atoms with E-state index in [0.29, 0.717) is 5.92 Å². The summed E-state index contributed by atoms with van der Waals surface area (Å²) >= 11 is 0. The van der Waals surface area contributed by atoms with Crippen LogP contribution >= 0.6 is 0 Å². The van der Waals surface area contributed by atoms with Crippen molar-refractivity contribution < 1.29 is 0 Å². The van der Waals surface area contributed by atoms with Crippen molar-refractivity contribution >= 4 is 17.1 Å². The first kappa shape index (κ1) is 18.3. The third-order valence-corrected chi connectivity index (χ3v) is 5.02. The number of anilines is 3. The zero-order valence-electron chi connectivity index (χ0n) is 16.4. The summed E-state index contributed by atoms with van der Waals surface area (Å²) in [6, 6.07) is 26.8. The molecule has 0 saturated carbocycles. The lowest BCUT2D eigenvalue weighted by atomic mass is 10.0. The van der Waals surface area contributed by atoms with Gasteiger partial charge in [0.1, 0.15) is 0 Å². The zero-order valence-corrected chi connectivity index (χ0v) is 16.4. The lowest BCUT2D eigenvalue weighted by Crippen LogP contribution is -2.10. The monoisotopic (exact) mass is 343 g/mol. The molecule has 0 amide bonds. The highest BCUT2D eigenvalue weighted by molar-refractivity contribution is 5.76. The molecule has 134 valence electrons. The highest BCUT2D eigenvalue weighted by atomic mass is 15.1. The highest BCUT2D eigenvalue weighted by Gasteiger charge is 2.13. The van der Waals surface area contributed by atoms with Crippen LogP contribution in [-0.2, 0) is 12.8 Å². The predicted molar refractivity (Wildman–Crippen MR) is 114 cm³/mol. The fourth-order valence-corrected chi connectivity index (χ4v) is 3.22. The molecule has 0 aromatic heterocycles. The summed E-state index contributed by atoms with van der Waals surface area (Å²) in [5.41, 5.74) is 7.70. The van der Waals surface area contributed by atoms with Crippen molar-refractivity contribution in [3.05, 3.63) is 89.5 Å². The third kappa shape index (κ3) is 3.99. The average Bonchev–Trinajstić information content (AvgIpc) is 2.69. The van der Waals surface area contributed by atoms with Crippen molar-refractivity contribution in [2.45, 2.75) is 46.5 Å². The van der Waals surface area contributed by atoms with Crippen molar-refractivity contribution in [1.29, 1.82) is 0 Å². The maximum atomic E-state index is 2.34. The van der Waals surface area contributed by atoms with Gasteiger partial charge in [0.25, 0.3) is 0 Å². The predicted octanol–water partition coefficient (Wildman–Crippen LogP) is 7.40. The van der Waals surface area contributed by atoms with Gasteiger partial charge in [0.2, 0.25) is 0 Å². The van der Waals surface area contributed by atoms with Crippen LogP contribution in [0, 0.1) is 0 Å². The minimum absolute atomic E-state index is 0.546. The number of benzene rings is 3. The Balaban J connectivity index is 2.04. The Morgan fingerprint density at radius 3 is 1.23 bits per heavy atom. The second kappa shape index (κ2) is 8.23. The van der Waals surface area contributed by atoms with Gasteiger partial charge < -0.3 is 4.90 Å². The fourth-order valence-electron chi connectivity index (χ4n) is 3.22. The van der Waals surface area contributed by atoms with Gasteiger partial charge in [-0.1, -0.05) is 64.1 Å². The van der Waals surface area contributed by atoms with E-state index >= 15 is 0 Å². The van der Waals surface area contributed by atoms with Crippen LogP contribution in [0.2, 0.25) is 0 Å². The number of nitrogens with zero attached hydrogens (tertiary/aromatic N) is 1. The Bertz CT molecular complexity index is 764. The van der Waals surface area contributed by atoms with Crippen LogP contribution in [-0.4, -0.2) is 0 Å². The first-order valence-corrected chi connectivity index (χ1v) is 9.70. The topological polar surface area (TPSA) is 3.24 Å². The molecule has 0 fully saturated rings. The number of aryl methyl sites for hydroxylation is 2. The van der Waals surface area contributed by atoms with Crippen molar-refractivity contribution in [2.75, 3.05) is 4.90 Å². The number of hydrogen-bond donors (Lipinski definition) is 0. The van der Waals surface area contributed by atoms with Gasteiger partial charge in [0.15, 0.2) is 0 Å². The summed E-state index contributed by atoms with van der Waals surface area (Å²) in [7, 11) is 0. The first-order chi connectivity index (χ1) is 12.6. The summed E-state index contributed by atoms with van der Waals surface area (Å²) < 4.78 is 0. The minimum atomic E-state index is 0.546. The molecule has 0 aliphatic rings.